The Morgan fingerprint density at radius 2 is 2.11 bits per heavy atom. The summed E-state index contributed by atoms with van der Waals surface area (Å²) in [5.41, 5.74) is 1.17. The summed E-state index contributed by atoms with van der Waals surface area (Å²) >= 11 is 0. The maximum atomic E-state index is 12.6. The third-order valence-electron chi connectivity index (χ3n) is 3.96. The first-order chi connectivity index (χ1) is 9.19. The Morgan fingerprint density at radius 1 is 1.32 bits per heavy atom. The van der Waals surface area contributed by atoms with E-state index >= 15 is 0 Å². The number of hydrogen-bond donors (Lipinski definition) is 2. The molecule has 1 saturated heterocycles. The minimum absolute atomic E-state index is 0.0271. The highest BCUT2D eigenvalue weighted by atomic mass is 16.3. The average Bonchev–Trinajstić information content (AvgIpc) is 2.90. The number of carbonyl (C=O) groups excluding carboxylic acids is 2. The molecular formula is C14H16N2O3. The molecule has 1 aliphatic heterocycles. The lowest BCUT2D eigenvalue weighted by atomic mass is 9.92. The predicted octanol–water partition coefficient (Wildman–Crippen LogP) is 0.762. The van der Waals surface area contributed by atoms with Crippen LogP contribution in [0, 0.1) is 0 Å². The number of hydrogen-bond acceptors (Lipinski definition) is 3. The van der Waals surface area contributed by atoms with E-state index in [0.717, 1.165) is 17.5 Å². The van der Waals surface area contributed by atoms with E-state index in [1.807, 2.05) is 24.3 Å². The van der Waals surface area contributed by atoms with Crippen LogP contribution in [0.25, 0.3) is 0 Å². The smallest absolute Gasteiger partial charge is 0.325 e. The molecule has 1 spiro atoms. The Balaban J connectivity index is 1.95. The molecule has 1 aromatic carbocycles. The average molecular weight is 260 g/mol. The fourth-order valence-electron chi connectivity index (χ4n) is 3.02. The van der Waals surface area contributed by atoms with Gasteiger partial charge in [0.1, 0.15) is 5.54 Å². The monoisotopic (exact) mass is 260 g/mol. The summed E-state index contributed by atoms with van der Waals surface area (Å²) in [4.78, 5) is 25.8. The van der Waals surface area contributed by atoms with Crippen molar-refractivity contribution in [1.82, 2.24) is 10.2 Å². The van der Waals surface area contributed by atoms with Crippen LogP contribution in [-0.2, 0) is 16.8 Å². The molecule has 19 heavy (non-hydrogen) atoms. The van der Waals surface area contributed by atoms with E-state index in [1.54, 1.807) is 0 Å². The van der Waals surface area contributed by atoms with Gasteiger partial charge in [-0.3, -0.25) is 9.69 Å². The molecule has 5 heteroatoms. The Bertz CT molecular complexity index is 543. The zero-order valence-electron chi connectivity index (χ0n) is 10.6. The number of fused-ring (bicyclic) bond motifs is 2. The first-order valence-corrected chi connectivity index (χ1v) is 6.52. The Kier molecular flexibility index (Phi) is 2.78. The molecule has 1 fully saturated rings. The van der Waals surface area contributed by atoms with Crippen LogP contribution in [0.15, 0.2) is 24.3 Å². The minimum Gasteiger partial charge on any atom is -0.396 e. The molecule has 1 aromatic rings. The zero-order chi connectivity index (χ0) is 13.5. The van der Waals surface area contributed by atoms with Crippen molar-refractivity contribution in [3.8, 4) is 0 Å². The van der Waals surface area contributed by atoms with Crippen molar-refractivity contribution in [1.29, 1.82) is 0 Å². The lowest BCUT2D eigenvalue weighted by molar-refractivity contribution is -0.131. The van der Waals surface area contributed by atoms with E-state index in [0.29, 0.717) is 12.8 Å². The minimum atomic E-state index is -0.872. The summed E-state index contributed by atoms with van der Waals surface area (Å²) in [6.45, 7) is 0.242. The molecule has 0 bridgehead atoms. The van der Waals surface area contributed by atoms with Gasteiger partial charge in [-0.25, -0.2) is 4.79 Å². The molecule has 2 N–H and O–H groups in total. The van der Waals surface area contributed by atoms with E-state index in [2.05, 4.69) is 5.32 Å². The number of aliphatic hydroxyl groups is 1. The molecule has 2 aliphatic rings. The Hall–Kier alpha value is -1.88. The largest absolute Gasteiger partial charge is 0.396 e. The van der Waals surface area contributed by atoms with Gasteiger partial charge in [-0.05, 0) is 30.4 Å². The number of aliphatic hydroxyl groups excluding tert-OH is 1. The highest BCUT2D eigenvalue weighted by molar-refractivity contribution is 6.08. The quantitative estimate of drug-likeness (QED) is 0.788. The summed E-state index contributed by atoms with van der Waals surface area (Å²) in [5, 5.41) is 11.7. The zero-order valence-corrected chi connectivity index (χ0v) is 10.6. The number of nitrogens with zero attached hydrogens (tertiary/aromatic N) is 1. The molecule has 1 aliphatic carbocycles. The normalized spacial score (nSPS) is 25.0. The highest BCUT2D eigenvalue weighted by Crippen LogP contribution is 2.41. The second kappa shape index (κ2) is 4.35. The molecule has 100 valence electrons. The van der Waals surface area contributed by atoms with Crippen molar-refractivity contribution in [2.75, 3.05) is 13.2 Å². The topological polar surface area (TPSA) is 69.6 Å². The van der Waals surface area contributed by atoms with Crippen LogP contribution >= 0.6 is 0 Å². The van der Waals surface area contributed by atoms with Crippen LogP contribution in [0.2, 0.25) is 0 Å². The van der Waals surface area contributed by atoms with E-state index in [1.165, 1.54) is 4.90 Å². The van der Waals surface area contributed by atoms with Crippen LogP contribution in [-0.4, -0.2) is 35.1 Å². The Morgan fingerprint density at radius 3 is 2.89 bits per heavy atom. The Labute approximate surface area is 111 Å². The molecule has 3 amide bonds. The molecule has 5 nitrogen and oxygen atoms in total. The van der Waals surface area contributed by atoms with Gasteiger partial charge in [0.15, 0.2) is 0 Å². The van der Waals surface area contributed by atoms with Gasteiger partial charge >= 0.3 is 6.03 Å². The van der Waals surface area contributed by atoms with E-state index in [-0.39, 0.29) is 25.1 Å². The van der Waals surface area contributed by atoms with E-state index < -0.39 is 5.54 Å². The van der Waals surface area contributed by atoms with Gasteiger partial charge in [-0.2, -0.15) is 0 Å². The second-order valence-corrected chi connectivity index (χ2v) is 5.03. The SMILES string of the molecule is O=C1NC2(CCc3ccccc32)C(=O)N1CCCO. The molecule has 3 rings (SSSR count). The van der Waals surface area contributed by atoms with Crippen molar-refractivity contribution in [2.45, 2.75) is 24.8 Å². The number of aryl methyl sites for hydroxylation is 1. The molecule has 1 atom stereocenters. The highest BCUT2D eigenvalue weighted by Gasteiger charge is 2.54. The van der Waals surface area contributed by atoms with Crippen molar-refractivity contribution >= 4 is 11.9 Å². The first kappa shape index (κ1) is 12.2. The fraction of sp³-hybridized carbons (Fsp3) is 0.429. The van der Waals surface area contributed by atoms with Gasteiger partial charge in [0.2, 0.25) is 0 Å². The summed E-state index contributed by atoms with van der Waals surface area (Å²) in [6.07, 6.45) is 1.83. The predicted molar refractivity (Wildman–Crippen MR) is 68.4 cm³/mol. The third-order valence-corrected chi connectivity index (χ3v) is 3.96. The van der Waals surface area contributed by atoms with Crippen LogP contribution in [0.4, 0.5) is 4.79 Å². The second-order valence-electron chi connectivity index (χ2n) is 5.03. The van der Waals surface area contributed by atoms with Gasteiger partial charge in [-0.1, -0.05) is 24.3 Å². The molecule has 1 unspecified atom stereocenters. The maximum absolute atomic E-state index is 12.6. The van der Waals surface area contributed by atoms with Gasteiger partial charge in [0.05, 0.1) is 0 Å². The van der Waals surface area contributed by atoms with Crippen LogP contribution in [0.1, 0.15) is 24.0 Å². The number of benzene rings is 1. The van der Waals surface area contributed by atoms with Crippen LogP contribution in [0.5, 0.6) is 0 Å². The third kappa shape index (κ3) is 1.65. The number of rotatable bonds is 3. The number of amides is 3. The lowest BCUT2D eigenvalue weighted by Gasteiger charge is -2.22. The lowest BCUT2D eigenvalue weighted by Crippen LogP contribution is -2.42. The van der Waals surface area contributed by atoms with E-state index in [4.69, 9.17) is 5.11 Å². The number of imide groups is 1. The fourth-order valence-corrected chi connectivity index (χ4v) is 3.02. The maximum Gasteiger partial charge on any atom is 0.325 e. The molecule has 0 aromatic heterocycles. The molecule has 0 radical (unpaired) electrons. The molecule has 0 saturated carbocycles. The molecule has 1 heterocycles. The van der Waals surface area contributed by atoms with Crippen LogP contribution < -0.4 is 5.32 Å². The van der Waals surface area contributed by atoms with Gasteiger partial charge in [0.25, 0.3) is 5.91 Å². The van der Waals surface area contributed by atoms with Crippen molar-refractivity contribution < 1.29 is 14.7 Å². The summed E-state index contributed by atoms with van der Waals surface area (Å²) < 4.78 is 0. The van der Waals surface area contributed by atoms with E-state index in [9.17, 15) is 9.59 Å². The number of urea groups is 1. The summed E-state index contributed by atoms with van der Waals surface area (Å²) in [6, 6.07) is 7.40. The molecular weight excluding hydrogens is 244 g/mol. The van der Waals surface area contributed by atoms with Crippen molar-refractivity contribution in [2.24, 2.45) is 0 Å². The van der Waals surface area contributed by atoms with Crippen molar-refractivity contribution in [3.63, 3.8) is 0 Å². The number of nitrogens with one attached hydrogen (secondary N) is 1. The van der Waals surface area contributed by atoms with Gasteiger partial charge in [-0.15, -0.1) is 0 Å². The summed E-state index contributed by atoms with van der Waals surface area (Å²) in [7, 11) is 0. The van der Waals surface area contributed by atoms with Crippen molar-refractivity contribution in [3.05, 3.63) is 35.4 Å². The van der Waals surface area contributed by atoms with Gasteiger partial charge < -0.3 is 10.4 Å². The number of carbonyl (C=O) groups is 2. The van der Waals surface area contributed by atoms with Gasteiger partial charge in [0, 0.05) is 13.2 Å². The van der Waals surface area contributed by atoms with Crippen LogP contribution in [0.3, 0.4) is 0 Å². The summed E-state index contributed by atoms with van der Waals surface area (Å²) in [5.74, 6) is -0.184. The standard InChI is InChI=1S/C14H16N2O3/c17-9-3-8-16-12(18)14(15-13(16)19)7-6-10-4-1-2-5-11(10)14/h1-2,4-5,17H,3,6-9H2,(H,15,19). The first-order valence-electron chi connectivity index (χ1n) is 6.52.